The topological polar surface area (TPSA) is 150 Å². The third-order valence-electron chi connectivity index (χ3n) is 15.2. The third kappa shape index (κ3) is 4.42. The van der Waals surface area contributed by atoms with Gasteiger partial charge in [-0.15, -0.1) is 0 Å². The van der Waals surface area contributed by atoms with Gasteiger partial charge in [-0.1, -0.05) is 85.8 Å². The minimum absolute atomic E-state index is 0.120. The van der Waals surface area contributed by atoms with Gasteiger partial charge in [-0.2, -0.15) is 10.0 Å². The van der Waals surface area contributed by atoms with Crippen molar-refractivity contribution in [3.8, 4) is 0 Å². The Morgan fingerprint density at radius 1 is 0.286 bits per heavy atom. The van der Waals surface area contributed by atoms with E-state index in [4.69, 9.17) is 0 Å². The monoisotopic (exact) mass is 910 g/mol. The number of benzene rings is 11. The van der Waals surface area contributed by atoms with Crippen LogP contribution in [0, 0.1) is 0 Å². The van der Waals surface area contributed by atoms with E-state index in [0.29, 0.717) is 99.1 Å². The summed E-state index contributed by atoms with van der Waals surface area (Å²) in [4.78, 5) is 118. The lowest BCUT2D eigenvalue weighted by atomic mass is 9.82. The standard InChI is InChI=1S/C58H30N4O8/c1-2-24-59-51(63)35-16-8-27-31-12-20-39-49-40(21-13-32(45(31)49)28-9-17-36(52(59)64)47(35)43(27)28)56(68)61(55(39)67)62-57(69)41-22-14-33-29-10-18-37-48-38(54(66)60(53(37)65)25-26-6-4-3-5-7-26)19-11-30(44(29)48)34-15-23-42(58(62)70)50(41)46(33)34/h3-23H,2,24-25H2,1H3. The summed E-state index contributed by atoms with van der Waals surface area (Å²) in [5.74, 6) is -4.89. The van der Waals surface area contributed by atoms with Crippen molar-refractivity contribution in [2.45, 2.75) is 19.9 Å². The van der Waals surface area contributed by atoms with Crippen LogP contribution in [0.5, 0.6) is 0 Å². The lowest BCUT2D eigenvalue weighted by Crippen LogP contribution is -2.58. The van der Waals surface area contributed by atoms with E-state index < -0.39 is 35.4 Å². The first kappa shape index (κ1) is 38.7. The number of hydrogen-bond donors (Lipinski definition) is 0. The molecular weight excluding hydrogens is 881 g/mol. The number of amides is 8. The number of hydrazine groups is 1. The molecule has 0 unspecified atom stereocenters. The first-order valence-electron chi connectivity index (χ1n) is 23.0. The minimum atomic E-state index is -0.849. The lowest BCUT2D eigenvalue weighted by Gasteiger charge is -2.37. The van der Waals surface area contributed by atoms with Crippen molar-refractivity contribution < 1.29 is 38.4 Å². The molecule has 330 valence electrons. The Kier molecular flexibility index (Phi) is 7.16. The van der Waals surface area contributed by atoms with Crippen molar-refractivity contribution in [1.29, 1.82) is 0 Å². The molecule has 11 aromatic carbocycles. The van der Waals surface area contributed by atoms with E-state index in [1.54, 1.807) is 72.8 Å². The third-order valence-corrected chi connectivity index (χ3v) is 15.2. The van der Waals surface area contributed by atoms with Gasteiger partial charge in [0.2, 0.25) is 0 Å². The van der Waals surface area contributed by atoms with Gasteiger partial charge in [0.25, 0.3) is 47.3 Å². The van der Waals surface area contributed by atoms with Gasteiger partial charge >= 0.3 is 0 Å². The molecule has 70 heavy (non-hydrogen) atoms. The zero-order valence-electron chi connectivity index (χ0n) is 36.8. The van der Waals surface area contributed by atoms with Gasteiger partial charge in [0.15, 0.2) is 0 Å². The second-order valence-electron chi connectivity index (χ2n) is 18.6. The van der Waals surface area contributed by atoms with E-state index in [0.717, 1.165) is 37.9 Å². The highest BCUT2D eigenvalue weighted by molar-refractivity contribution is 6.44. The summed E-state index contributed by atoms with van der Waals surface area (Å²) in [5, 5.41) is 11.6. The highest BCUT2D eigenvalue weighted by Gasteiger charge is 2.47. The number of rotatable bonds is 5. The summed E-state index contributed by atoms with van der Waals surface area (Å²) in [6.45, 7) is 2.33. The zero-order chi connectivity index (χ0) is 47.3. The highest BCUT2D eigenvalue weighted by Crippen LogP contribution is 2.49. The molecule has 0 bridgehead atoms. The molecule has 4 aliphatic heterocycles. The number of hydrogen-bond acceptors (Lipinski definition) is 8. The molecule has 11 aromatic rings. The van der Waals surface area contributed by atoms with Gasteiger partial charge in [0.05, 0.1) is 28.8 Å². The van der Waals surface area contributed by atoms with Gasteiger partial charge in [0, 0.05) is 50.3 Å². The van der Waals surface area contributed by atoms with Crippen LogP contribution in [0.2, 0.25) is 0 Å². The summed E-state index contributed by atoms with van der Waals surface area (Å²) in [5.41, 5.74) is 2.98. The molecule has 0 aromatic heterocycles. The van der Waals surface area contributed by atoms with E-state index >= 15 is 0 Å². The van der Waals surface area contributed by atoms with Crippen LogP contribution in [0.25, 0.3) is 86.2 Å². The Hall–Kier alpha value is -9.42. The van der Waals surface area contributed by atoms with Gasteiger partial charge in [-0.25, -0.2) is 0 Å². The number of carbonyl (C=O) groups is 8. The summed E-state index contributed by atoms with van der Waals surface area (Å²) in [6, 6.07) is 37.1. The Morgan fingerprint density at radius 2 is 0.543 bits per heavy atom. The number of nitrogens with zero attached hydrogens (tertiary/aromatic N) is 4. The van der Waals surface area contributed by atoms with Gasteiger partial charge in [-0.3, -0.25) is 48.2 Å². The Bertz CT molecular complexity index is 4240. The number of carbonyl (C=O) groups excluding carboxylic acids is 8. The predicted octanol–water partition coefficient (Wildman–Crippen LogP) is 10.4. The molecule has 4 aliphatic rings. The first-order valence-corrected chi connectivity index (χ1v) is 23.0. The van der Waals surface area contributed by atoms with E-state index in [-0.39, 0.29) is 40.6 Å². The molecule has 8 amide bonds. The molecule has 0 atom stereocenters. The fourth-order valence-electron chi connectivity index (χ4n) is 12.3. The summed E-state index contributed by atoms with van der Waals surface area (Å²) in [7, 11) is 0. The number of imide groups is 4. The first-order chi connectivity index (χ1) is 34.1. The van der Waals surface area contributed by atoms with Gasteiger partial charge in [-0.05, 0) is 125 Å². The normalized spacial score (nSPS) is 15.8. The molecular formula is C58H30N4O8. The fraction of sp³-hybridized carbons (Fsp3) is 0.0690. The van der Waals surface area contributed by atoms with Crippen molar-refractivity contribution in [2.24, 2.45) is 0 Å². The maximum atomic E-state index is 14.9. The minimum Gasteiger partial charge on any atom is -0.274 e. The van der Waals surface area contributed by atoms with E-state index in [9.17, 15) is 38.4 Å². The van der Waals surface area contributed by atoms with Crippen molar-refractivity contribution in [3.05, 3.63) is 177 Å². The quantitative estimate of drug-likeness (QED) is 0.0941. The molecule has 0 N–H and O–H groups in total. The highest BCUT2D eigenvalue weighted by atomic mass is 16.2. The molecule has 15 rings (SSSR count). The van der Waals surface area contributed by atoms with Crippen molar-refractivity contribution in [2.75, 3.05) is 6.54 Å². The molecule has 0 spiro atoms. The molecule has 12 nitrogen and oxygen atoms in total. The van der Waals surface area contributed by atoms with Gasteiger partial charge in [0.1, 0.15) is 0 Å². The Balaban J connectivity index is 0.855. The van der Waals surface area contributed by atoms with Crippen molar-refractivity contribution in [3.63, 3.8) is 0 Å². The predicted molar refractivity (Wildman–Crippen MR) is 263 cm³/mol. The molecule has 12 heteroatoms. The maximum Gasteiger partial charge on any atom is 0.281 e. The van der Waals surface area contributed by atoms with E-state index in [2.05, 4.69) is 0 Å². The summed E-state index contributed by atoms with van der Waals surface area (Å²) < 4.78 is 0. The largest absolute Gasteiger partial charge is 0.281 e. The molecule has 0 fully saturated rings. The lowest BCUT2D eigenvalue weighted by molar-refractivity contribution is 0.00213. The van der Waals surface area contributed by atoms with Crippen LogP contribution in [-0.4, -0.2) is 73.6 Å². The van der Waals surface area contributed by atoms with Crippen LogP contribution < -0.4 is 0 Å². The van der Waals surface area contributed by atoms with Crippen molar-refractivity contribution >= 4 is 133 Å². The van der Waals surface area contributed by atoms with Crippen LogP contribution in [0.1, 0.15) is 102 Å². The summed E-state index contributed by atoms with van der Waals surface area (Å²) >= 11 is 0. The van der Waals surface area contributed by atoms with Crippen LogP contribution in [-0.2, 0) is 6.54 Å². The van der Waals surface area contributed by atoms with E-state index in [1.807, 2.05) is 61.5 Å². The van der Waals surface area contributed by atoms with Crippen LogP contribution >= 0.6 is 0 Å². The smallest absolute Gasteiger partial charge is 0.274 e. The molecule has 4 heterocycles. The van der Waals surface area contributed by atoms with Crippen molar-refractivity contribution in [1.82, 2.24) is 19.8 Å². The van der Waals surface area contributed by atoms with E-state index in [1.165, 1.54) is 9.80 Å². The molecule has 0 radical (unpaired) electrons. The SMILES string of the molecule is CCCN1C(=O)c2ccc3c4ccc5c6c(ccc(c7ccc(c2c37)C1=O)c64)C(=O)N(N1C(=O)c2ccc3c4ccc6c7c(ccc(c8ccc(c2c38)C1=O)c74)C(=O)N(Cc1ccccc1)C6=O)C5=O. The zero-order valence-corrected chi connectivity index (χ0v) is 36.8. The van der Waals surface area contributed by atoms with Crippen LogP contribution in [0.3, 0.4) is 0 Å². The van der Waals surface area contributed by atoms with Crippen LogP contribution in [0.4, 0.5) is 0 Å². The fourth-order valence-corrected chi connectivity index (χ4v) is 12.3. The molecule has 0 aliphatic carbocycles. The second kappa shape index (κ2) is 13.0. The van der Waals surface area contributed by atoms with Gasteiger partial charge < -0.3 is 0 Å². The Morgan fingerprint density at radius 3 is 0.814 bits per heavy atom. The average Bonchev–Trinajstić information content (AvgIpc) is 3.38. The molecule has 0 saturated heterocycles. The second-order valence-corrected chi connectivity index (χ2v) is 18.6. The summed E-state index contributed by atoms with van der Waals surface area (Å²) in [6.07, 6.45) is 0.619. The maximum absolute atomic E-state index is 14.9. The average molecular weight is 911 g/mol. The van der Waals surface area contributed by atoms with Crippen LogP contribution in [0.15, 0.2) is 127 Å². The molecule has 0 saturated carbocycles. The Labute approximate surface area is 394 Å². The number of fused-ring (bicyclic) bond motifs is 4.